The van der Waals surface area contributed by atoms with Crippen LogP contribution in [0.4, 0.5) is 0 Å². The Morgan fingerprint density at radius 1 is 1.12 bits per heavy atom. The molecule has 0 aromatic rings. The van der Waals surface area contributed by atoms with Crippen LogP contribution in [0.25, 0.3) is 0 Å². The number of allylic oxidation sites excluding steroid dienone is 1. The lowest BCUT2D eigenvalue weighted by Crippen LogP contribution is -2.04. The summed E-state index contributed by atoms with van der Waals surface area (Å²) >= 11 is 0. The fourth-order valence-electron chi connectivity index (χ4n) is 1.56. The summed E-state index contributed by atoms with van der Waals surface area (Å²) in [5, 5.41) is 0. The van der Waals surface area contributed by atoms with E-state index in [-0.39, 0.29) is 16.6 Å². The van der Waals surface area contributed by atoms with Crippen molar-refractivity contribution >= 4 is 16.6 Å². The maximum absolute atomic E-state index is 11.7. The third kappa shape index (κ3) is 9.28. The molecule has 0 saturated carbocycles. The average Bonchev–Trinajstić information content (AvgIpc) is 2.26. The lowest BCUT2D eigenvalue weighted by molar-refractivity contribution is -0.113. The Hall–Kier alpha value is -0.440. The summed E-state index contributed by atoms with van der Waals surface area (Å²) in [5.74, 6) is 2.09. The average molecular weight is 257 g/mol. The highest BCUT2D eigenvalue weighted by molar-refractivity contribution is 7.87. The fourth-order valence-corrected chi connectivity index (χ4v) is 3.19. The summed E-state index contributed by atoms with van der Waals surface area (Å²) in [4.78, 5) is 11.7. The van der Waals surface area contributed by atoms with Crippen LogP contribution in [0.3, 0.4) is 0 Å². The number of hydrogen-bond acceptors (Lipinski definition) is 1. The van der Waals surface area contributed by atoms with Crippen molar-refractivity contribution in [2.24, 2.45) is 4.36 Å². The third-order valence-corrected chi connectivity index (χ3v) is 4.59. The van der Waals surface area contributed by atoms with Gasteiger partial charge >= 0.3 is 0 Å². The lowest BCUT2D eigenvalue weighted by atomic mass is 10.1. The first kappa shape index (κ1) is 16.6. The molecule has 0 bridgehead atoms. The predicted molar refractivity (Wildman–Crippen MR) is 78.4 cm³/mol. The zero-order valence-corrected chi connectivity index (χ0v) is 12.6. The van der Waals surface area contributed by atoms with Crippen LogP contribution < -0.4 is 0 Å². The van der Waals surface area contributed by atoms with Gasteiger partial charge in [0.15, 0.2) is 0 Å². The largest absolute Gasteiger partial charge is 0.275 e. The highest BCUT2D eigenvalue weighted by Crippen LogP contribution is 2.07. The first-order valence-electron chi connectivity index (χ1n) is 6.74. The smallest absolute Gasteiger partial charge is 0.267 e. The molecule has 0 aromatic carbocycles. The van der Waals surface area contributed by atoms with Gasteiger partial charge in [-0.05, 0) is 32.6 Å². The molecule has 3 heteroatoms. The number of carbonyl (C=O) groups excluding carboxylic acids is 1. The lowest BCUT2D eigenvalue weighted by Gasteiger charge is -2.03. The molecule has 0 aliphatic heterocycles. The Morgan fingerprint density at radius 2 is 1.71 bits per heavy atom. The van der Waals surface area contributed by atoms with Gasteiger partial charge in [-0.25, -0.2) is 0 Å². The molecule has 0 atom stereocenters. The Balaban J connectivity index is 4.40. The van der Waals surface area contributed by atoms with E-state index in [0.717, 1.165) is 42.8 Å². The normalized spacial score (nSPS) is 11.9. The first-order valence-corrected chi connectivity index (χ1v) is 8.26. The minimum absolute atomic E-state index is 0.0242. The van der Waals surface area contributed by atoms with E-state index in [4.69, 9.17) is 0 Å². The van der Waals surface area contributed by atoms with Crippen LogP contribution in [-0.4, -0.2) is 17.4 Å². The van der Waals surface area contributed by atoms with E-state index in [1.165, 1.54) is 6.42 Å². The van der Waals surface area contributed by atoms with Crippen molar-refractivity contribution < 1.29 is 4.79 Å². The molecule has 100 valence electrons. The number of nitrogens with zero attached hydrogens (tertiary/aromatic N) is 1. The Bertz CT molecular complexity index is 274. The number of unbranched alkanes of at least 4 members (excludes halogenated alkanes) is 1. The molecule has 0 fully saturated rings. The van der Waals surface area contributed by atoms with Crippen LogP contribution in [0.1, 0.15) is 59.8 Å². The summed E-state index contributed by atoms with van der Waals surface area (Å²) < 4.78 is 4.32. The van der Waals surface area contributed by atoms with Gasteiger partial charge in [-0.3, -0.25) is 4.79 Å². The van der Waals surface area contributed by atoms with Crippen LogP contribution in [0, 0.1) is 0 Å². The second kappa shape index (κ2) is 10.7. The van der Waals surface area contributed by atoms with Crippen LogP contribution in [0.5, 0.6) is 0 Å². The Labute approximate surface area is 109 Å². The van der Waals surface area contributed by atoms with Crippen molar-refractivity contribution in [1.29, 1.82) is 0 Å². The van der Waals surface area contributed by atoms with Crippen LogP contribution in [0.15, 0.2) is 16.0 Å². The van der Waals surface area contributed by atoms with E-state index in [0.29, 0.717) is 0 Å². The van der Waals surface area contributed by atoms with Crippen LogP contribution in [0.2, 0.25) is 0 Å². The first-order chi connectivity index (χ1) is 8.13. The molecule has 0 aromatic heterocycles. The summed E-state index contributed by atoms with van der Waals surface area (Å²) in [5.41, 5.74) is 1.16. The minimum Gasteiger partial charge on any atom is -0.267 e. The van der Waals surface area contributed by atoms with Gasteiger partial charge in [-0.1, -0.05) is 43.5 Å². The number of rotatable bonds is 8. The van der Waals surface area contributed by atoms with Crippen molar-refractivity contribution in [1.82, 2.24) is 0 Å². The van der Waals surface area contributed by atoms with Crippen molar-refractivity contribution in [2.45, 2.75) is 59.8 Å². The van der Waals surface area contributed by atoms with E-state index in [1.54, 1.807) is 6.08 Å². The summed E-state index contributed by atoms with van der Waals surface area (Å²) in [6.45, 7) is 8.50. The van der Waals surface area contributed by atoms with Gasteiger partial charge < -0.3 is 0 Å². The molecule has 0 N–H and O–H groups in total. The third-order valence-electron chi connectivity index (χ3n) is 2.39. The van der Waals surface area contributed by atoms with Gasteiger partial charge in [0.1, 0.15) is 0 Å². The summed E-state index contributed by atoms with van der Waals surface area (Å²) in [6.07, 6.45) is 7.29. The van der Waals surface area contributed by atoms with E-state index < -0.39 is 0 Å². The number of carbonyl (C=O) groups is 1. The van der Waals surface area contributed by atoms with Gasteiger partial charge in [0, 0.05) is 17.6 Å². The quantitative estimate of drug-likeness (QED) is 0.597. The fraction of sp³-hybridized carbons (Fsp3) is 0.786. The maximum atomic E-state index is 11.7. The molecule has 0 unspecified atom stereocenters. The molecule has 0 radical (unpaired) electrons. The van der Waals surface area contributed by atoms with E-state index in [1.807, 2.05) is 6.92 Å². The summed E-state index contributed by atoms with van der Waals surface area (Å²) in [7, 11) is -0.0459. The molecular weight excluding hydrogens is 230 g/mol. The second-order valence-corrected chi connectivity index (χ2v) is 6.32. The van der Waals surface area contributed by atoms with Gasteiger partial charge in [-0.15, -0.1) is 0 Å². The number of hydrogen-bond donors (Lipinski definition) is 0. The highest BCUT2D eigenvalue weighted by atomic mass is 32.2. The van der Waals surface area contributed by atoms with E-state index >= 15 is 0 Å². The van der Waals surface area contributed by atoms with Gasteiger partial charge in [0.05, 0.1) is 0 Å². The summed E-state index contributed by atoms with van der Waals surface area (Å²) in [6, 6.07) is 0. The zero-order chi connectivity index (χ0) is 13.1. The second-order valence-electron chi connectivity index (χ2n) is 4.39. The highest BCUT2D eigenvalue weighted by Gasteiger charge is 2.00. The van der Waals surface area contributed by atoms with Crippen molar-refractivity contribution in [3.05, 3.63) is 11.6 Å². The SMILES string of the molecule is CCCC/C(C)=C/C(=O)N=S(CCC)CCC. The molecule has 1 amide bonds. The monoisotopic (exact) mass is 257 g/mol. The van der Waals surface area contributed by atoms with Gasteiger partial charge in [-0.2, -0.15) is 4.36 Å². The van der Waals surface area contributed by atoms with Crippen molar-refractivity contribution in [2.75, 3.05) is 11.5 Å². The predicted octanol–water partition coefficient (Wildman–Crippen LogP) is 4.27. The Morgan fingerprint density at radius 3 is 2.18 bits per heavy atom. The van der Waals surface area contributed by atoms with E-state index in [2.05, 4.69) is 25.1 Å². The molecule has 0 spiro atoms. The van der Waals surface area contributed by atoms with Crippen molar-refractivity contribution in [3.8, 4) is 0 Å². The van der Waals surface area contributed by atoms with Gasteiger partial charge in [0.25, 0.3) is 5.91 Å². The molecule has 17 heavy (non-hydrogen) atoms. The molecule has 2 nitrogen and oxygen atoms in total. The van der Waals surface area contributed by atoms with Crippen molar-refractivity contribution in [3.63, 3.8) is 0 Å². The van der Waals surface area contributed by atoms with E-state index in [9.17, 15) is 4.79 Å². The molecule has 0 aliphatic rings. The van der Waals surface area contributed by atoms with Crippen LogP contribution >= 0.6 is 0 Å². The topological polar surface area (TPSA) is 29.4 Å². The molecule has 0 rings (SSSR count). The molecule has 0 aliphatic carbocycles. The standard InChI is InChI=1S/C14H27NOS/c1-5-8-9-13(4)12-14(16)15-17(10-6-2)11-7-3/h12H,5-11H2,1-4H3/b13-12+. The van der Waals surface area contributed by atoms with Crippen LogP contribution in [-0.2, 0) is 15.5 Å². The van der Waals surface area contributed by atoms with Gasteiger partial charge in [0.2, 0.25) is 0 Å². The maximum Gasteiger partial charge on any atom is 0.275 e. The molecular formula is C14H27NOS. The zero-order valence-electron chi connectivity index (χ0n) is 11.8. The molecule has 0 heterocycles. The minimum atomic E-state index is -0.0459. The Kier molecular flexibility index (Phi) is 10.4. The number of amides is 1. The molecule has 0 saturated heterocycles.